The summed E-state index contributed by atoms with van der Waals surface area (Å²) in [5.74, 6) is -0.267. The fraction of sp³-hybridized carbons (Fsp3) is 0.235. The van der Waals surface area contributed by atoms with Gasteiger partial charge in [-0.3, -0.25) is 9.59 Å². The van der Waals surface area contributed by atoms with Crippen LogP contribution in [0.25, 0.3) is 0 Å². The van der Waals surface area contributed by atoms with Crippen molar-refractivity contribution in [3.63, 3.8) is 0 Å². The summed E-state index contributed by atoms with van der Waals surface area (Å²) in [5, 5.41) is 6.73. The van der Waals surface area contributed by atoms with Crippen molar-refractivity contribution in [1.29, 1.82) is 0 Å². The molecule has 0 saturated carbocycles. The van der Waals surface area contributed by atoms with Gasteiger partial charge < -0.3 is 15.1 Å². The number of anilines is 1. The molecule has 1 aliphatic heterocycles. The second-order valence-corrected chi connectivity index (χ2v) is 8.46. The van der Waals surface area contributed by atoms with Gasteiger partial charge in [-0.25, -0.2) is 0 Å². The SMILES string of the molecule is CN(C)C(=O)Sc1ccc(NC(=O)C2CC(c3ccc(Cl)s3)=NO2)cc1. The van der Waals surface area contributed by atoms with Gasteiger partial charge in [-0.15, -0.1) is 11.3 Å². The summed E-state index contributed by atoms with van der Waals surface area (Å²) >= 11 is 8.45. The molecule has 6 nitrogen and oxygen atoms in total. The number of hydrogen-bond acceptors (Lipinski definition) is 6. The fourth-order valence-corrected chi connectivity index (χ4v) is 3.84. The van der Waals surface area contributed by atoms with Crippen molar-refractivity contribution in [3.05, 3.63) is 45.6 Å². The molecular formula is C17H16ClN3O3S2. The second kappa shape index (κ2) is 8.11. The zero-order valence-electron chi connectivity index (χ0n) is 14.1. The van der Waals surface area contributed by atoms with Gasteiger partial charge in [0, 0.05) is 31.1 Å². The maximum Gasteiger partial charge on any atom is 0.285 e. The van der Waals surface area contributed by atoms with E-state index in [2.05, 4.69) is 10.5 Å². The molecule has 0 fully saturated rings. The molecule has 0 radical (unpaired) electrons. The predicted octanol–water partition coefficient (Wildman–Crippen LogP) is 4.31. The molecular weight excluding hydrogens is 394 g/mol. The molecule has 2 heterocycles. The van der Waals surface area contributed by atoms with Crippen LogP contribution in [0.15, 0.2) is 46.4 Å². The molecule has 1 unspecified atom stereocenters. The number of carbonyl (C=O) groups excluding carboxylic acids is 2. The lowest BCUT2D eigenvalue weighted by molar-refractivity contribution is -0.125. The van der Waals surface area contributed by atoms with Gasteiger partial charge in [0.2, 0.25) is 6.10 Å². The minimum atomic E-state index is -0.671. The van der Waals surface area contributed by atoms with Gasteiger partial charge in [-0.1, -0.05) is 16.8 Å². The summed E-state index contributed by atoms with van der Waals surface area (Å²) in [6.07, 6.45) is -0.274. The molecule has 1 N–H and O–H groups in total. The first-order chi connectivity index (χ1) is 12.4. The smallest absolute Gasteiger partial charge is 0.285 e. The number of nitrogens with one attached hydrogen (secondary N) is 1. The monoisotopic (exact) mass is 409 g/mol. The maximum absolute atomic E-state index is 12.4. The van der Waals surface area contributed by atoms with E-state index in [0.29, 0.717) is 16.4 Å². The van der Waals surface area contributed by atoms with Crippen LogP contribution in [0, 0.1) is 0 Å². The third-order valence-electron chi connectivity index (χ3n) is 3.51. The summed E-state index contributed by atoms with van der Waals surface area (Å²) in [6.45, 7) is 0. The Morgan fingerprint density at radius 1 is 1.27 bits per heavy atom. The zero-order valence-corrected chi connectivity index (χ0v) is 16.5. The zero-order chi connectivity index (χ0) is 18.7. The summed E-state index contributed by atoms with van der Waals surface area (Å²) in [7, 11) is 3.40. The number of oxime groups is 1. The molecule has 2 aromatic rings. The molecule has 26 heavy (non-hydrogen) atoms. The van der Waals surface area contributed by atoms with Crippen LogP contribution in [0.2, 0.25) is 4.34 Å². The van der Waals surface area contributed by atoms with Crippen molar-refractivity contribution in [2.24, 2.45) is 5.16 Å². The topological polar surface area (TPSA) is 71.0 Å². The highest BCUT2D eigenvalue weighted by Gasteiger charge is 2.29. The number of carbonyl (C=O) groups is 2. The first kappa shape index (κ1) is 18.8. The molecule has 0 spiro atoms. The van der Waals surface area contributed by atoms with Crippen LogP contribution in [-0.2, 0) is 9.63 Å². The Kier molecular flexibility index (Phi) is 5.85. The summed E-state index contributed by atoms with van der Waals surface area (Å²) in [5.41, 5.74) is 1.35. The number of thioether (sulfide) groups is 1. The Morgan fingerprint density at radius 2 is 2.00 bits per heavy atom. The minimum Gasteiger partial charge on any atom is -0.382 e. The third-order valence-corrected chi connectivity index (χ3v) is 5.84. The Balaban J connectivity index is 1.55. The molecule has 1 atom stereocenters. The highest BCUT2D eigenvalue weighted by molar-refractivity contribution is 8.13. The van der Waals surface area contributed by atoms with E-state index in [1.807, 2.05) is 6.07 Å². The Morgan fingerprint density at radius 3 is 2.62 bits per heavy atom. The van der Waals surface area contributed by atoms with Crippen molar-refractivity contribution in [1.82, 2.24) is 4.90 Å². The molecule has 0 bridgehead atoms. The van der Waals surface area contributed by atoms with Crippen LogP contribution in [0.3, 0.4) is 0 Å². The largest absolute Gasteiger partial charge is 0.382 e. The van der Waals surface area contributed by atoms with E-state index in [0.717, 1.165) is 27.2 Å². The molecule has 1 aromatic heterocycles. The van der Waals surface area contributed by atoms with Crippen LogP contribution in [0.5, 0.6) is 0 Å². The van der Waals surface area contributed by atoms with Crippen LogP contribution < -0.4 is 5.32 Å². The summed E-state index contributed by atoms with van der Waals surface area (Å²) < 4.78 is 0.668. The first-order valence-electron chi connectivity index (χ1n) is 7.71. The number of thiophene rings is 1. The van der Waals surface area contributed by atoms with Crippen LogP contribution in [-0.4, -0.2) is 42.0 Å². The van der Waals surface area contributed by atoms with E-state index < -0.39 is 6.10 Å². The number of halogens is 1. The van der Waals surface area contributed by atoms with Gasteiger partial charge in [-0.2, -0.15) is 0 Å². The van der Waals surface area contributed by atoms with Gasteiger partial charge in [0.15, 0.2) is 0 Å². The molecule has 136 valence electrons. The molecule has 9 heteroatoms. The first-order valence-corrected chi connectivity index (χ1v) is 9.72. The summed E-state index contributed by atoms with van der Waals surface area (Å²) in [4.78, 5) is 32.5. The van der Waals surface area contributed by atoms with Gasteiger partial charge in [0.1, 0.15) is 5.71 Å². The van der Waals surface area contributed by atoms with Crippen molar-refractivity contribution in [3.8, 4) is 0 Å². The Bertz CT molecular complexity index is 849. The van der Waals surface area contributed by atoms with Crippen LogP contribution >= 0.6 is 34.7 Å². The van der Waals surface area contributed by atoms with Crippen molar-refractivity contribution in [2.45, 2.75) is 17.4 Å². The summed E-state index contributed by atoms with van der Waals surface area (Å²) in [6, 6.07) is 10.7. The third kappa shape index (κ3) is 4.57. The van der Waals surface area contributed by atoms with Gasteiger partial charge in [-0.05, 0) is 48.2 Å². The number of rotatable bonds is 4. The Labute approximate surface area is 164 Å². The van der Waals surface area contributed by atoms with Crippen LogP contribution in [0.1, 0.15) is 11.3 Å². The van der Waals surface area contributed by atoms with E-state index in [9.17, 15) is 9.59 Å². The number of amides is 2. The van der Waals surface area contributed by atoms with E-state index in [4.69, 9.17) is 16.4 Å². The lowest BCUT2D eigenvalue weighted by Crippen LogP contribution is -2.27. The van der Waals surface area contributed by atoms with E-state index in [1.54, 1.807) is 44.4 Å². The average Bonchev–Trinajstić information content (AvgIpc) is 3.25. The standard InChI is InChI=1S/C17H16ClN3O3S2/c1-21(2)17(23)25-11-5-3-10(4-6-11)19-16(22)13-9-12(20-24-13)14-7-8-15(18)26-14/h3-8,13H,9H2,1-2H3,(H,19,22). The Hall–Kier alpha value is -2.03. The lowest BCUT2D eigenvalue weighted by Gasteiger charge is -2.11. The molecule has 3 rings (SSSR count). The van der Waals surface area contributed by atoms with E-state index >= 15 is 0 Å². The molecule has 0 saturated heterocycles. The molecule has 1 aliphatic rings. The average molecular weight is 410 g/mol. The second-order valence-electron chi connectivity index (χ2n) is 5.72. The molecule has 1 aromatic carbocycles. The van der Waals surface area contributed by atoms with Gasteiger partial charge >= 0.3 is 0 Å². The van der Waals surface area contributed by atoms with Crippen LogP contribution in [0.4, 0.5) is 10.5 Å². The normalized spacial score (nSPS) is 16.0. The maximum atomic E-state index is 12.4. The number of benzene rings is 1. The molecule has 0 aliphatic carbocycles. The van der Waals surface area contributed by atoms with Crippen molar-refractivity contribution < 1.29 is 14.4 Å². The van der Waals surface area contributed by atoms with E-state index in [-0.39, 0.29) is 11.1 Å². The highest BCUT2D eigenvalue weighted by atomic mass is 35.5. The molecule has 2 amide bonds. The fourth-order valence-electron chi connectivity index (χ4n) is 2.15. The van der Waals surface area contributed by atoms with Crippen molar-refractivity contribution >= 4 is 57.2 Å². The minimum absolute atomic E-state index is 0.0560. The quantitative estimate of drug-likeness (QED) is 0.764. The van der Waals surface area contributed by atoms with Gasteiger partial charge in [0.25, 0.3) is 11.1 Å². The van der Waals surface area contributed by atoms with E-state index in [1.165, 1.54) is 16.2 Å². The van der Waals surface area contributed by atoms with Gasteiger partial charge in [0.05, 0.1) is 9.21 Å². The lowest BCUT2D eigenvalue weighted by atomic mass is 10.1. The van der Waals surface area contributed by atoms with Crippen molar-refractivity contribution in [2.75, 3.05) is 19.4 Å². The number of nitrogens with zero attached hydrogens (tertiary/aromatic N) is 2. The predicted molar refractivity (Wildman–Crippen MR) is 105 cm³/mol. The highest BCUT2D eigenvalue weighted by Crippen LogP contribution is 2.27. The number of hydrogen-bond donors (Lipinski definition) is 1.